The molecule has 0 aliphatic rings. The summed E-state index contributed by atoms with van der Waals surface area (Å²) >= 11 is 0. The van der Waals surface area contributed by atoms with Crippen molar-refractivity contribution in [2.24, 2.45) is 0 Å². The predicted octanol–water partition coefficient (Wildman–Crippen LogP) is 3.01. The predicted molar refractivity (Wildman–Crippen MR) is 76.1 cm³/mol. The molecular weight excluding hydrogens is 244 g/mol. The molecule has 5 nitrogen and oxygen atoms in total. The number of benzene rings is 1. The molecule has 0 radical (unpaired) electrons. The number of hydrogen-bond acceptors (Lipinski definition) is 3. The minimum absolute atomic E-state index is 0.150. The molecule has 0 aromatic heterocycles. The molecule has 19 heavy (non-hydrogen) atoms. The van der Waals surface area contributed by atoms with E-state index in [1.54, 1.807) is 32.4 Å². The zero-order valence-corrected chi connectivity index (χ0v) is 11.9. The summed E-state index contributed by atoms with van der Waals surface area (Å²) in [6.45, 7) is 4.07. The monoisotopic (exact) mass is 266 g/mol. The van der Waals surface area contributed by atoms with Crippen LogP contribution in [0.25, 0.3) is 0 Å². The van der Waals surface area contributed by atoms with E-state index in [1.807, 2.05) is 6.92 Å². The number of carbonyl (C=O) groups excluding carboxylic acids is 1. The van der Waals surface area contributed by atoms with Gasteiger partial charge in [-0.3, -0.25) is 0 Å². The van der Waals surface area contributed by atoms with Crippen LogP contribution in [0.15, 0.2) is 18.2 Å². The Morgan fingerprint density at radius 2 is 1.79 bits per heavy atom. The van der Waals surface area contributed by atoms with E-state index >= 15 is 0 Å². The Labute approximate surface area is 114 Å². The van der Waals surface area contributed by atoms with Gasteiger partial charge in [0.15, 0.2) is 0 Å². The second kappa shape index (κ2) is 7.51. The van der Waals surface area contributed by atoms with Crippen LogP contribution in [-0.4, -0.2) is 26.3 Å². The van der Waals surface area contributed by atoms with E-state index in [1.165, 1.54) is 0 Å². The van der Waals surface area contributed by atoms with Crippen LogP contribution in [0.1, 0.15) is 26.7 Å². The first-order valence-electron chi connectivity index (χ1n) is 6.39. The Hall–Kier alpha value is -1.91. The van der Waals surface area contributed by atoms with Crippen LogP contribution in [0.3, 0.4) is 0 Å². The van der Waals surface area contributed by atoms with Crippen LogP contribution >= 0.6 is 0 Å². The number of methoxy groups -OCH3 is 2. The van der Waals surface area contributed by atoms with Gasteiger partial charge in [-0.15, -0.1) is 0 Å². The quantitative estimate of drug-likeness (QED) is 0.832. The van der Waals surface area contributed by atoms with Crippen molar-refractivity contribution < 1.29 is 14.3 Å². The highest BCUT2D eigenvalue weighted by molar-refractivity contribution is 5.89. The maximum atomic E-state index is 11.8. The van der Waals surface area contributed by atoms with Crippen LogP contribution < -0.4 is 20.1 Å². The van der Waals surface area contributed by atoms with Crippen LogP contribution in [-0.2, 0) is 0 Å². The molecule has 0 aliphatic carbocycles. The first-order chi connectivity index (χ1) is 9.08. The van der Waals surface area contributed by atoms with Crippen molar-refractivity contribution in [1.29, 1.82) is 0 Å². The number of urea groups is 1. The zero-order chi connectivity index (χ0) is 14.3. The number of carbonyl (C=O) groups is 1. The van der Waals surface area contributed by atoms with Crippen LogP contribution in [0.5, 0.6) is 11.5 Å². The Morgan fingerprint density at radius 3 is 2.26 bits per heavy atom. The molecule has 5 heteroatoms. The average Bonchev–Trinajstić information content (AvgIpc) is 2.38. The number of hydrogen-bond donors (Lipinski definition) is 2. The van der Waals surface area contributed by atoms with Gasteiger partial charge in [0.25, 0.3) is 0 Å². The highest BCUT2D eigenvalue weighted by Crippen LogP contribution is 2.25. The van der Waals surface area contributed by atoms with Gasteiger partial charge in [0.05, 0.1) is 14.2 Å². The lowest BCUT2D eigenvalue weighted by atomic mass is 10.2. The van der Waals surface area contributed by atoms with E-state index in [0.717, 1.165) is 12.8 Å². The largest absolute Gasteiger partial charge is 0.497 e. The van der Waals surface area contributed by atoms with Crippen molar-refractivity contribution in [2.75, 3.05) is 19.5 Å². The Balaban J connectivity index is 2.67. The van der Waals surface area contributed by atoms with Crippen molar-refractivity contribution in [3.05, 3.63) is 18.2 Å². The summed E-state index contributed by atoms with van der Waals surface area (Å²) in [7, 11) is 3.14. The van der Waals surface area contributed by atoms with Gasteiger partial charge in [-0.1, -0.05) is 13.3 Å². The molecule has 2 N–H and O–H groups in total. The molecule has 1 rings (SSSR count). The highest BCUT2D eigenvalue weighted by atomic mass is 16.5. The van der Waals surface area contributed by atoms with Gasteiger partial charge in [0.2, 0.25) is 0 Å². The van der Waals surface area contributed by atoms with Gasteiger partial charge < -0.3 is 20.1 Å². The third kappa shape index (κ3) is 5.07. The average molecular weight is 266 g/mol. The third-order valence-corrected chi connectivity index (χ3v) is 2.71. The Bertz CT molecular complexity index is 399. The molecule has 1 atom stereocenters. The van der Waals surface area contributed by atoms with E-state index in [-0.39, 0.29) is 12.1 Å². The van der Waals surface area contributed by atoms with Crippen LogP contribution in [0.4, 0.5) is 10.5 Å². The van der Waals surface area contributed by atoms with Gasteiger partial charge in [-0.05, 0) is 13.3 Å². The number of nitrogens with one attached hydrogen (secondary N) is 2. The third-order valence-electron chi connectivity index (χ3n) is 2.71. The first kappa shape index (κ1) is 15.1. The first-order valence-corrected chi connectivity index (χ1v) is 6.39. The topological polar surface area (TPSA) is 59.6 Å². The summed E-state index contributed by atoms with van der Waals surface area (Å²) in [5.41, 5.74) is 0.636. The molecule has 0 spiro atoms. The van der Waals surface area contributed by atoms with Gasteiger partial charge in [-0.25, -0.2) is 4.79 Å². The summed E-state index contributed by atoms with van der Waals surface area (Å²) in [6.07, 6.45) is 1.99. The van der Waals surface area contributed by atoms with Crippen molar-refractivity contribution in [3.63, 3.8) is 0 Å². The Kier molecular flexibility index (Phi) is 5.99. The standard InChI is InChI=1S/C14H22N2O3/c1-5-6-10(2)15-14(17)16-11-7-12(18-3)9-13(8-11)19-4/h7-10H,5-6H2,1-4H3,(H2,15,16,17)/t10-/m1/s1. The minimum atomic E-state index is -0.226. The number of rotatable bonds is 6. The second-order valence-electron chi connectivity index (χ2n) is 4.39. The van der Waals surface area contributed by atoms with Gasteiger partial charge >= 0.3 is 6.03 Å². The maximum Gasteiger partial charge on any atom is 0.319 e. The molecule has 0 unspecified atom stereocenters. The lowest BCUT2D eigenvalue weighted by molar-refractivity contribution is 0.248. The molecule has 0 bridgehead atoms. The summed E-state index contributed by atoms with van der Waals surface area (Å²) in [5.74, 6) is 1.27. The van der Waals surface area contributed by atoms with E-state index in [9.17, 15) is 4.79 Å². The smallest absolute Gasteiger partial charge is 0.319 e. The van der Waals surface area contributed by atoms with E-state index in [4.69, 9.17) is 9.47 Å². The van der Waals surface area contributed by atoms with Gasteiger partial charge in [0, 0.05) is 29.9 Å². The summed E-state index contributed by atoms with van der Waals surface area (Å²) in [4.78, 5) is 11.8. The van der Waals surface area contributed by atoms with Crippen LogP contribution in [0.2, 0.25) is 0 Å². The number of ether oxygens (including phenoxy) is 2. The molecule has 1 aromatic rings. The van der Waals surface area contributed by atoms with Gasteiger partial charge in [-0.2, -0.15) is 0 Å². The van der Waals surface area contributed by atoms with E-state index < -0.39 is 0 Å². The zero-order valence-electron chi connectivity index (χ0n) is 11.9. The summed E-state index contributed by atoms with van der Waals surface area (Å²) in [5, 5.41) is 5.64. The normalized spacial score (nSPS) is 11.6. The maximum absolute atomic E-state index is 11.8. The van der Waals surface area contributed by atoms with Gasteiger partial charge in [0.1, 0.15) is 11.5 Å². The highest BCUT2D eigenvalue weighted by Gasteiger charge is 2.08. The van der Waals surface area contributed by atoms with Crippen molar-refractivity contribution in [1.82, 2.24) is 5.32 Å². The van der Waals surface area contributed by atoms with Crippen molar-refractivity contribution in [2.45, 2.75) is 32.7 Å². The molecule has 0 fully saturated rings. The molecule has 106 valence electrons. The molecule has 0 heterocycles. The lowest BCUT2D eigenvalue weighted by Crippen LogP contribution is -2.35. The molecular formula is C14H22N2O3. The fourth-order valence-corrected chi connectivity index (χ4v) is 1.78. The fourth-order valence-electron chi connectivity index (χ4n) is 1.78. The summed E-state index contributed by atoms with van der Waals surface area (Å²) in [6, 6.07) is 5.16. The molecule has 0 aliphatic heterocycles. The molecule has 0 saturated carbocycles. The fraction of sp³-hybridized carbons (Fsp3) is 0.500. The van der Waals surface area contributed by atoms with E-state index in [2.05, 4.69) is 17.6 Å². The molecule has 0 saturated heterocycles. The van der Waals surface area contributed by atoms with Crippen molar-refractivity contribution in [3.8, 4) is 11.5 Å². The van der Waals surface area contributed by atoms with Crippen LogP contribution in [0, 0.1) is 0 Å². The second-order valence-corrected chi connectivity index (χ2v) is 4.39. The SMILES string of the molecule is CCC[C@@H](C)NC(=O)Nc1cc(OC)cc(OC)c1. The lowest BCUT2D eigenvalue weighted by Gasteiger charge is -2.14. The number of anilines is 1. The van der Waals surface area contributed by atoms with E-state index in [0.29, 0.717) is 17.2 Å². The summed E-state index contributed by atoms with van der Waals surface area (Å²) < 4.78 is 10.3. The minimum Gasteiger partial charge on any atom is -0.497 e. The van der Waals surface area contributed by atoms with Crippen molar-refractivity contribution >= 4 is 11.7 Å². The molecule has 2 amide bonds. The Morgan fingerprint density at radius 1 is 1.21 bits per heavy atom. The number of amides is 2. The molecule has 1 aromatic carbocycles.